The molecule has 0 aromatic heterocycles. The maximum Gasteiger partial charge on any atom is 0.0716 e. The molecule has 1 aromatic carbocycles. The van der Waals surface area contributed by atoms with Gasteiger partial charge < -0.3 is 10.1 Å². The van der Waals surface area contributed by atoms with Gasteiger partial charge in [0.1, 0.15) is 0 Å². The number of benzene rings is 1. The highest BCUT2D eigenvalue weighted by molar-refractivity contribution is 6.30. The standard InChI is InChI=1S/C11H16ClNO/c1-13-6-5-9-3-4-11(12)7-10(9)8-14-2/h3-4,7,13H,5-6,8H2,1-2H3. The van der Waals surface area contributed by atoms with Crippen molar-refractivity contribution in [1.82, 2.24) is 5.32 Å². The Morgan fingerprint density at radius 3 is 2.79 bits per heavy atom. The number of rotatable bonds is 5. The van der Waals surface area contributed by atoms with Gasteiger partial charge in [0.25, 0.3) is 0 Å². The van der Waals surface area contributed by atoms with Crippen LogP contribution in [0.25, 0.3) is 0 Å². The van der Waals surface area contributed by atoms with E-state index >= 15 is 0 Å². The van der Waals surface area contributed by atoms with Crippen molar-refractivity contribution in [1.29, 1.82) is 0 Å². The van der Waals surface area contributed by atoms with Gasteiger partial charge in [-0.2, -0.15) is 0 Å². The fourth-order valence-corrected chi connectivity index (χ4v) is 1.58. The van der Waals surface area contributed by atoms with Crippen LogP contribution in [0.3, 0.4) is 0 Å². The highest BCUT2D eigenvalue weighted by Crippen LogP contribution is 2.17. The molecule has 0 atom stereocenters. The predicted octanol–water partition coefficient (Wildman–Crippen LogP) is 2.25. The number of likely N-dealkylation sites (N-methyl/N-ethyl adjacent to an activating group) is 1. The summed E-state index contributed by atoms with van der Waals surface area (Å²) >= 11 is 5.92. The van der Waals surface area contributed by atoms with E-state index < -0.39 is 0 Å². The van der Waals surface area contributed by atoms with Crippen molar-refractivity contribution in [2.75, 3.05) is 20.7 Å². The van der Waals surface area contributed by atoms with Crippen LogP contribution in [-0.2, 0) is 17.8 Å². The average molecular weight is 214 g/mol. The lowest BCUT2D eigenvalue weighted by molar-refractivity contribution is 0.184. The summed E-state index contributed by atoms with van der Waals surface area (Å²) in [5, 5.41) is 3.90. The van der Waals surface area contributed by atoms with Gasteiger partial charge in [-0.15, -0.1) is 0 Å². The second kappa shape index (κ2) is 6.02. The summed E-state index contributed by atoms with van der Waals surface area (Å²) in [6.07, 6.45) is 1.01. The van der Waals surface area contributed by atoms with Crippen molar-refractivity contribution in [3.05, 3.63) is 34.3 Å². The van der Waals surface area contributed by atoms with E-state index in [1.807, 2.05) is 19.2 Å². The van der Waals surface area contributed by atoms with Gasteiger partial charge in [-0.3, -0.25) is 0 Å². The lowest BCUT2D eigenvalue weighted by atomic mass is 10.1. The molecule has 1 N–H and O–H groups in total. The summed E-state index contributed by atoms with van der Waals surface area (Å²) in [5.74, 6) is 0. The molecule has 0 fully saturated rings. The first kappa shape index (κ1) is 11.5. The third-order valence-electron chi connectivity index (χ3n) is 2.11. The topological polar surface area (TPSA) is 21.3 Å². The zero-order chi connectivity index (χ0) is 10.4. The number of nitrogens with one attached hydrogen (secondary N) is 1. The highest BCUT2D eigenvalue weighted by Gasteiger charge is 2.02. The molecule has 78 valence electrons. The van der Waals surface area contributed by atoms with E-state index in [2.05, 4.69) is 11.4 Å². The van der Waals surface area contributed by atoms with Crippen LogP contribution in [0.5, 0.6) is 0 Å². The van der Waals surface area contributed by atoms with Crippen molar-refractivity contribution in [3.8, 4) is 0 Å². The van der Waals surface area contributed by atoms with Gasteiger partial charge in [-0.25, -0.2) is 0 Å². The van der Waals surface area contributed by atoms with Crippen molar-refractivity contribution in [3.63, 3.8) is 0 Å². The van der Waals surface area contributed by atoms with Gasteiger partial charge in [0.05, 0.1) is 6.61 Å². The van der Waals surface area contributed by atoms with Crippen LogP contribution >= 0.6 is 11.6 Å². The third kappa shape index (κ3) is 3.29. The number of hydrogen-bond acceptors (Lipinski definition) is 2. The fraction of sp³-hybridized carbons (Fsp3) is 0.455. The molecular formula is C11H16ClNO. The normalized spacial score (nSPS) is 10.5. The maximum absolute atomic E-state index is 5.92. The Labute approximate surface area is 90.2 Å². The minimum Gasteiger partial charge on any atom is -0.380 e. The molecule has 0 amide bonds. The first-order valence-electron chi connectivity index (χ1n) is 4.68. The number of methoxy groups -OCH3 is 1. The molecule has 0 radical (unpaired) electrons. The Balaban J connectivity index is 2.78. The Kier molecular flexibility index (Phi) is 4.94. The Hall–Kier alpha value is -0.570. The molecule has 0 heterocycles. The molecule has 0 saturated heterocycles. The number of hydrogen-bond donors (Lipinski definition) is 1. The molecule has 1 aromatic rings. The van der Waals surface area contributed by atoms with Gasteiger partial charge in [0.15, 0.2) is 0 Å². The van der Waals surface area contributed by atoms with Crippen LogP contribution in [0, 0.1) is 0 Å². The van der Waals surface area contributed by atoms with Crippen LogP contribution in [0.15, 0.2) is 18.2 Å². The van der Waals surface area contributed by atoms with E-state index in [0.29, 0.717) is 6.61 Å². The second-order valence-corrected chi connectivity index (χ2v) is 3.64. The summed E-state index contributed by atoms with van der Waals surface area (Å²) < 4.78 is 5.12. The summed E-state index contributed by atoms with van der Waals surface area (Å²) in [7, 11) is 3.65. The minimum atomic E-state index is 0.625. The first-order chi connectivity index (χ1) is 6.77. The average Bonchev–Trinajstić information content (AvgIpc) is 2.17. The smallest absolute Gasteiger partial charge is 0.0716 e. The molecule has 14 heavy (non-hydrogen) atoms. The van der Waals surface area contributed by atoms with E-state index in [-0.39, 0.29) is 0 Å². The summed E-state index contributed by atoms with van der Waals surface area (Å²) in [6, 6.07) is 5.95. The maximum atomic E-state index is 5.92. The lowest BCUT2D eigenvalue weighted by Gasteiger charge is -2.08. The van der Waals surface area contributed by atoms with E-state index in [1.54, 1.807) is 7.11 Å². The van der Waals surface area contributed by atoms with Crippen LogP contribution in [-0.4, -0.2) is 20.7 Å². The van der Waals surface area contributed by atoms with Crippen molar-refractivity contribution < 1.29 is 4.74 Å². The number of ether oxygens (including phenoxy) is 1. The predicted molar refractivity (Wildman–Crippen MR) is 59.8 cm³/mol. The summed E-state index contributed by atoms with van der Waals surface area (Å²) in [4.78, 5) is 0. The Bertz CT molecular complexity index is 289. The van der Waals surface area contributed by atoms with Gasteiger partial charge in [-0.05, 0) is 43.3 Å². The summed E-state index contributed by atoms with van der Waals surface area (Å²) in [5.41, 5.74) is 2.47. The van der Waals surface area contributed by atoms with Crippen LogP contribution in [0.2, 0.25) is 5.02 Å². The molecule has 0 aliphatic carbocycles. The zero-order valence-electron chi connectivity index (χ0n) is 8.64. The fourth-order valence-electron chi connectivity index (χ4n) is 1.39. The van der Waals surface area contributed by atoms with Crippen LogP contribution in [0.1, 0.15) is 11.1 Å². The molecule has 0 bridgehead atoms. The van der Waals surface area contributed by atoms with Gasteiger partial charge >= 0.3 is 0 Å². The molecule has 0 aliphatic rings. The van der Waals surface area contributed by atoms with Crippen molar-refractivity contribution in [2.45, 2.75) is 13.0 Å². The SMILES string of the molecule is CNCCc1ccc(Cl)cc1COC. The van der Waals surface area contributed by atoms with E-state index in [1.165, 1.54) is 11.1 Å². The molecule has 3 heteroatoms. The molecule has 2 nitrogen and oxygen atoms in total. The van der Waals surface area contributed by atoms with Crippen LogP contribution < -0.4 is 5.32 Å². The molecular weight excluding hydrogens is 198 g/mol. The zero-order valence-corrected chi connectivity index (χ0v) is 9.40. The van der Waals surface area contributed by atoms with Gasteiger partial charge in [0.2, 0.25) is 0 Å². The molecule has 0 saturated carbocycles. The van der Waals surface area contributed by atoms with Crippen molar-refractivity contribution >= 4 is 11.6 Å². The highest BCUT2D eigenvalue weighted by atomic mass is 35.5. The molecule has 0 unspecified atom stereocenters. The van der Waals surface area contributed by atoms with E-state index in [0.717, 1.165) is 18.0 Å². The van der Waals surface area contributed by atoms with Crippen LogP contribution in [0.4, 0.5) is 0 Å². The first-order valence-corrected chi connectivity index (χ1v) is 5.06. The van der Waals surface area contributed by atoms with Gasteiger partial charge in [-0.1, -0.05) is 17.7 Å². The molecule has 0 aliphatic heterocycles. The van der Waals surface area contributed by atoms with Gasteiger partial charge in [0, 0.05) is 12.1 Å². The second-order valence-electron chi connectivity index (χ2n) is 3.20. The largest absolute Gasteiger partial charge is 0.380 e. The summed E-state index contributed by atoms with van der Waals surface area (Å²) in [6.45, 7) is 1.60. The van der Waals surface area contributed by atoms with E-state index in [9.17, 15) is 0 Å². The quantitative estimate of drug-likeness (QED) is 0.810. The Morgan fingerprint density at radius 1 is 1.36 bits per heavy atom. The lowest BCUT2D eigenvalue weighted by Crippen LogP contribution is -2.11. The third-order valence-corrected chi connectivity index (χ3v) is 2.35. The monoisotopic (exact) mass is 213 g/mol. The molecule has 0 spiro atoms. The Morgan fingerprint density at radius 2 is 2.14 bits per heavy atom. The van der Waals surface area contributed by atoms with E-state index in [4.69, 9.17) is 16.3 Å². The molecule has 1 rings (SSSR count). The number of halogens is 1. The minimum absolute atomic E-state index is 0.625. The van der Waals surface area contributed by atoms with Crippen molar-refractivity contribution in [2.24, 2.45) is 0 Å².